The zero-order valence-electron chi connectivity index (χ0n) is 11.2. The van der Waals surface area contributed by atoms with E-state index >= 15 is 0 Å². The highest BCUT2D eigenvalue weighted by Gasteiger charge is 2.19. The van der Waals surface area contributed by atoms with E-state index in [1.807, 2.05) is 0 Å². The van der Waals surface area contributed by atoms with Crippen LogP contribution in [-0.2, 0) is 4.74 Å². The molecule has 0 aromatic heterocycles. The van der Waals surface area contributed by atoms with Gasteiger partial charge < -0.3 is 15.0 Å². The third kappa shape index (κ3) is 8.08. The molecule has 0 aromatic rings. The van der Waals surface area contributed by atoms with Crippen molar-refractivity contribution in [1.82, 2.24) is 10.2 Å². The summed E-state index contributed by atoms with van der Waals surface area (Å²) in [6.45, 7) is 8.46. The Hall–Kier alpha value is -0.120. The van der Waals surface area contributed by atoms with Crippen LogP contribution in [0.1, 0.15) is 39.5 Å². The summed E-state index contributed by atoms with van der Waals surface area (Å²) < 4.78 is 5.53. The maximum atomic E-state index is 5.53. The summed E-state index contributed by atoms with van der Waals surface area (Å²) >= 11 is 0. The van der Waals surface area contributed by atoms with Crippen LogP contribution >= 0.6 is 0 Å². The fourth-order valence-corrected chi connectivity index (χ4v) is 1.66. The molecule has 0 atom stereocenters. The molecule has 1 aliphatic carbocycles. The number of ether oxygens (including phenoxy) is 1. The standard InChI is InChI=1S/C13H28N2O/c1-12(2)16-11-10-15(3)9-5-4-8-14-13-6-7-13/h12-14H,4-11H2,1-3H3. The summed E-state index contributed by atoms with van der Waals surface area (Å²) in [5, 5.41) is 3.55. The van der Waals surface area contributed by atoms with Gasteiger partial charge in [0.25, 0.3) is 0 Å². The van der Waals surface area contributed by atoms with Gasteiger partial charge in [-0.1, -0.05) is 0 Å². The summed E-state index contributed by atoms with van der Waals surface area (Å²) in [6, 6.07) is 0.858. The van der Waals surface area contributed by atoms with E-state index in [2.05, 4.69) is 31.1 Å². The second kappa shape index (κ2) is 8.04. The lowest BCUT2D eigenvalue weighted by atomic mass is 10.3. The van der Waals surface area contributed by atoms with Crippen LogP contribution in [0.25, 0.3) is 0 Å². The molecule has 96 valence electrons. The Bertz CT molecular complexity index is 169. The number of rotatable bonds is 10. The van der Waals surface area contributed by atoms with Crippen LogP contribution in [0.5, 0.6) is 0 Å². The van der Waals surface area contributed by atoms with Gasteiger partial charge in [-0.05, 0) is 59.7 Å². The summed E-state index contributed by atoms with van der Waals surface area (Å²) in [6.07, 6.45) is 5.74. The summed E-state index contributed by atoms with van der Waals surface area (Å²) in [4.78, 5) is 2.36. The molecule has 0 saturated heterocycles. The summed E-state index contributed by atoms with van der Waals surface area (Å²) in [7, 11) is 2.18. The minimum absolute atomic E-state index is 0.358. The maximum Gasteiger partial charge on any atom is 0.0596 e. The smallest absolute Gasteiger partial charge is 0.0596 e. The van der Waals surface area contributed by atoms with Crippen molar-refractivity contribution < 1.29 is 4.74 Å². The Morgan fingerprint density at radius 2 is 2.00 bits per heavy atom. The molecule has 0 amide bonds. The van der Waals surface area contributed by atoms with Crippen LogP contribution in [0.3, 0.4) is 0 Å². The van der Waals surface area contributed by atoms with Gasteiger partial charge in [-0.2, -0.15) is 0 Å². The molecule has 1 rings (SSSR count). The van der Waals surface area contributed by atoms with Crippen molar-refractivity contribution in [2.45, 2.75) is 51.7 Å². The third-order valence-electron chi connectivity index (χ3n) is 2.90. The van der Waals surface area contributed by atoms with Crippen LogP contribution in [-0.4, -0.2) is 50.3 Å². The first-order chi connectivity index (χ1) is 7.68. The molecule has 0 bridgehead atoms. The molecule has 1 N–H and O–H groups in total. The van der Waals surface area contributed by atoms with E-state index in [1.165, 1.54) is 38.8 Å². The first kappa shape index (κ1) is 13.9. The van der Waals surface area contributed by atoms with Crippen molar-refractivity contribution >= 4 is 0 Å². The Morgan fingerprint density at radius 3 is 2.62 bits per heavy atom. The lowest BCUT2D eigenvalue weighted by Crippen LogP contribution is -2.26. The highest BCUT2D eigenvalue weighted by Crippen LogP contribution is 2.18. The second-order valence-electron chi connectivity index (χ2n) is 5.16. The Balaban J connectivity index is 1.79. The van der Waals surface area contributed by atoms with Gasteiger partial charge in [-0.25, -0.2) is 0 Å². The molecule has 0 spiro atoms. The Morgan fingerprint density at radius 1 is 1.25 bits per heavy atom. The molecular formula is C13H28N2O. The zero-order valence-corrected chi connectivity index (χ0v) is 11.2. The molecule has 1 fully saturated rings. The van der Waals surface area contributed by atoms with Crippen LogP contribution in [0.4, 0.5) is 0 Å². The minimum Gasteiger partial charge on any atom is -0.377 e. The average molecular weight is 228 g/mol. The fourth-order valence-electron chi connectivity index (χ4n) is 1.66. The largest absolute Gasteiger partial charge is 0.377 e. The highest BCUT2D eigenvalue weighted by molar-refractivity contribution is 4.80. The minimum atomic E-state index is 0.358. The number of unbranched alkanes of at least 4 members (excludes halogenated alkanes) is 1. The number of hydrogen-bond acceptors (Lipinski definition) is 3. The lowest BCUT2D eigenvalue weighted by Gasteiger charge is -2.17. The van der Waals surface area contributed by atoms with Gasteiger partial charge >= 0.3 is 0 Å². The quantitative estimate of drug-likeness (QED) is 0.578. The van der Waals surface area contributed by atoms with Crippen molar-refractivity contribution in [3.05, 3.63) is 0 Å². The summed E-state index contributed by atoms with van der Waals surface area (Å²) in [5.41, 5.74) is 0. The molecule has 16 heavy (non-hydrogen) atoms. The van der Waals surface area contributed by atoms with Crippen molar-refractivity contribution in [3.63, 3.8) is 0 Å². The van der Waals surface area contributed by atoms with Crippen molar-refractivity contribution in [1.29, 1.82) is 0 Å². The Kier molecular flexibility index (Phi) is 7.01. The van der Waals surface area contributed by atoms with Crippen LogP contribution in [0.2, 0.25) is 0 Å². The molecule has 1 aliphatic rings. The number of likely N-dealkylation sites (N-methyl/N-ethyl adjacent to an activating group) is 1. The van der Waals surface area contributed by atoms with E-state index < -0.39 is 0 Å². The third-order valence-corrected chi connectivity index (χ3v) is 2.90. The van der Waals surface area contributed by atoms with E-state index in [-0.39, 0.29) is 0 Å². The topological polar surface area (TPSA) is 24.5 Å². The van der Waals surface area contributed by atoms with Gasteiger partial charge in [0, 0.05) is 12.6 Å². The fraction of sp³-hybridized carbons (Fsp3) is 1.00. The van der Waals surface area contributed by atoms with E-state index in [0.717, 1.165) is 19.2 Å². The monoisotopic (exact) mass is 228 g/mol. The van der Waals surface area contributed by atoms with Crippen molar-refractivity contribution in [3.8, 4) is 0 Å². The van der Waals surface area contributed by atoms with Gasteiger partial charge in [0.05, 0.1) is 12.7 Å². The van der Waals surface area contributed by atoms with E-state index in [0.29, 0.717) is 6.10 Å². The average Bonchev–Trinajstić information content (AvgIpc) is 3.00. The summed E-state index contributed by atoms with van der Waals surface area (Å²) in [5.74, 6) is 0. The SMILES string of the molecule is CC(C)OCCN(C)CCCCNC1CC1. The zero-order chi connectivity index (χ0) is 11.8. The van der Waals surface area contributed by atoms with Gasteiger partial charge in [0.1, 0.15) is 0 Å². The number of nitrogens with zero attached hydrogens (tertiary/aromatic N) is 1. The molecule has 0 heterocycles. The molecule has 0 radical (unpaired) electrons. The van der Waals surface area contributed by atoms with Gasteiger partial charge in [0.2, 0.25) is 0 Å². The maximum absolute atomic E-state index is 5.53. The molecule has 0 unspecified atom stereocenters. The van der Waals surface area contributed by atoms with Gasteiger partial charge in [0.15, 0.2) is 0 Å². The van der Waals surface area contributed by atoms with Gasteiger partial charge in [-0.3, -0.25) is 0 Å². The molecule has 3 nitrogen and oxygen atoms in total. The number of nitrogens with one attached hydrogen (secondary N) is 1. The van der Waals surface area contributed by atoms with E-state index in [9.17, 15) is 0 Å². The van der Waals surface area contributed by atoms with Crippen molar-refractivity contribution in [2.75, 3.05) is 33.3 Å². The molecule has 0 aromatic carbocycles. The Labute approximate surface area is 101 Å². The first-order valence-electron chi connectivity index (χ1n) is 6.72. The number of hydrogen-bond donors (Lipinski definition) is 1. The normalized spacial score (nSPS) is 16.3. The lowest BCUT2D eigenvalue weighted by molar-refractivity contribution is 0.0636. The van der Waals surface area contributed by atoms with Crippen LogP contribution in [0, 0.1) is 0 Å². The van der Waals surface area contributed by atoms with E-state index in [1.54, 1.807) is 0 Å². The van der Waals surface area contributed by atoms with Gasteiger partial charge in [-0.15, -0.1) is 0 Å². The predicted octanol–water partition coefficient (Wildman–Crippen LogP) is 1.88. The van der Waals surface area contributed by atoms with Crippen LogP contribution < -0.4 is 5.32 Å². The first-order valence-corrected chi connectivity index (χ1v) is 6.72. The van der Waals surface area contributed by atoms with E-state index in [4.69, 9.17) is 4.74 Å². The van der Waals surface area contributed by atoms with Crippen LogP contribution in [0.15, 0.2) is 0 Å². The molecule has 1 saturated carbocycles. The highest BCUT2D eigenvalue weighted by atomic mass is 16.5. The van der Waals surface area contributed by atoms with Crippen molar-refractivity contribution in [2.24, 2.45) is 0 Å². The second-order valence-corrected chi connectivity index (χ2v) is 5.16. The molecule has 3 heteroatoms. The molecular weight excluding hydrogens is 200 g/mol. The molecule has 0 aliphatic heterocycles. The predicted molar refractivity (Wildman–Crippen MR) is 68.8 cm³/mol.